The predicted molar refractivity (Wildman–Crippen MR) is 46.9 cm³/mol. The number of aryl methyl sites for hydroxylation is 1. The third-order valence-corrected chi connectivity index (χ3v) is 2.08. The van der Waals surface area contributed by atoms with Crippen LogP contribution in [0.4, 0.5) is 0 Å². The second-order valence-electron chi connectivity index (χ2n) is 2.85. The Morgan fingerprint density at radius 2 is 2.09 bits per heavy atom. The molecule has 11 heavy (non-hydrogen) atoms. The van der Waals surface area contributed by atoms with Crippen LogP contribution in [0.5, 0.6) is 0 Å². The van der Waals surface area contributed by atoms with Gasteiger partial charge in [-0.15, -0.1) is 0 Å². The molecular weight excluding hydrogens is 134 g/mol. The molecule has 0 spiro atoms. The van der Waals surface area contributed by atoms with Gasteiger partial charge in [0, 0.05) is 5.56 Å². The fraction of sp³-hybridized carbons (Fsp3) is 0.300. The molecule has 0 unspecified atom stereocenters. The zero-order chi connectivity index (χ0) is 8.27. The number of hydrogen-bond donors (Lipinski definition) is 1. The summed E-state index contributed by atoms with van der Waals surface area (Å²) in [7, 11) is 3.73. The Morgan fingerprint density at radius 1 is 1.36 bits per heavy atom. The Morgan fingerprint density at radius 3 is 2.73 bits per heavy atom. The summed E-state index contributed by atoms with van der Waals surface area (Å²) in [5.74, 6) is 0. The summed E-state index contributed by atoms with van der Waals surface area (Å²) in [5, 5.41) is 1.95. The van der Waals surface area contributed by atoms with Crippen LogP contribution in [0.3, 0.4) is 0 Å². The quantitative estimate of drug-likeness (QED) is 0.608. The summed E-state index contributed by atoms with van der Waals surface area (Å²) >= 11 is 0. The first-order valence-electron chi connectivity index (χ1n) is 3.91. The molecule has 0 heterocycles. The smallest absolute Gasteiger partial charge is 0.0775 e. The van der Waals surface area contributed by atoms with E-state index in [0.29, 0.717) is 0 Å². The van der Waals surface area contributed by atoms with Gasteiger partial charge in [-0.1, -0.05) is 18.2 Å². The lowest BCUT2D eigenvalue weighted by Gasteiger charge is -2.06. The van der Waals surface area contributed by atoms with Gasteiger partial charge in [0.1, 0.15) is 0 Å². The molecule has 0 amide bonds. The molecule has 0 bridgehead atoms. The molecule has 0 saturated heterocycles. The molecule has 1 aromatic carbocycles. The van der Waals surface area contributed by atoms with Crippen molar-refractivity contribution in [1.29, 1.82) is 0 Å². The highest BCUT2D eigenvalue weighted by molar-refractivity contribution is 5.32. The first-order valence-corrected chi connectivity index (χ1v) is 3.91. The van der Waals surface area contributed by atoms with Gasteiger partial charge in [-0.3, -0.25) is 0 Å². The molecule has 0 aliphatic carbocycles. The molecule has 0 aliphatic heterocycles. The van der Waals surface area contributed by atoms with Crippen molar-refractivity contribution in [3.8, 4) is 0 Å². The molecule has 1 nitrogen and oxygen atoms in total. The fourth-order valence-corrected chi connectivity index (χ4v) is 1.19. The van der Waals surface area contributed by atoms with Crippen LogP contribution in [-0.4, -0.2) is 0 Å². The lowest BCUT2D eigenvalue weighted by Crippen LogP contribution is -2.75. The van der Waals surface area contributed by atoms with E-state index < -0.39 is 0 Å². The van der Waals surface area contributed by atoms with Crippen LogP contribution in [-0.2, 0) is 6.54 Å². The molecule has 1 aromatic rings. The minimum Gasteiger partial charge on any atom is -0.475 e. The van der Waals surface area contributed by atoms with Crippen LogP contribution in [0.25, 0.3) is 0 Å². The van der Waals surface area contributed by atoms with Gasteiger partial charge in [-0.25, -0.2) is 0 Å². The molecule has 1 rings (SSSR count). The summed E-state index contributed by atoms with van der Waals surface area (Å²) in [6.07, 6.45) is 0. The molecule has 1 heteroatoms. The van der Waals surface area contributed by atoms with Crippen LogP contribution in [0.1, 0.15) is 16.7 Å². The SMILES string of the molecule is [CH2-][NH2+]Cc1cccc(C)c1C. The molecule has 0 saturated carbocycles. The zero-order valence-corrected chi connectivity index (χ0v) is 7.22. The molecule has 0 atom stereocenters. The standard InChI is InChI=1S/C10H15N/c1-8-5-4-6-10(7-11-3)9(8)2/h4-6H,3,7,11H2,1-2H3. The lowest BCUT2D eigenvalue weighted by atomic mass is 10.0. The Kier molecular flexibility index (Phi) is 2.66. The summed E-state index contributed by atoms with van der Waals surface area (Å²) < 4.78 is 0. The van der Waals surface area contributed by atoms with Crippen molar-refractivity contribution in [3.05, 3.63) is 41.9 Å². The van der Waals surface area contributed by atoms with Gasteiger partial charge in [0.25, 0.3) is 0 Å². The van der Waals surface area contributed by atoms with E-state index in [1.807, 2.05) is 5.32 Å². The van der Waals surface area contributed by atoms with Crippen molar-refractivity contribution >= 4 is 0 Å². The molecule has 2 N–H and O–H groups in total. The van der Waals surface area contributed by atoms with Crippen LogP contribution in [0.2, 0.25) is 0 Å². The van der Waals surface area contributed by atoms with Crippen LogP contribution in [0, 0.1) is 20.9 Å². The first-order chi connectivity index (χ1) is 5.25. The van der Waals surface area contributed by atoms with Crippen molar-refractivity contribution in [1.82, 2.24) is 0 Å². The monoisotopic (exact) mass is 149 g/mol. The summed E-state index contributed by atoms with van der Waals surface area (Å²) in [6, 6.07) is 6.40. The Hall–Kier alpha value is -0.820. The van der Waals surface area contributed by atoms with E-state index >= 15 is 0 Å². The average Bonchev–Trinajstić information content (AvgIpc) is 1.99. The van der Waals surface area contributed by atoms with Crippen molar-refractivity contribution in [2.24, 2.45) is 0 Å². The number of rotatable bonds is 2. The van der Waals surface area contributed by atoms with Crippen molar-refractivity contribution < 1.29 is 5.32 Å². The maximum absolute atomic E-state index is 3.73. The summed E-state index contributed by atoms with van der Waals surface area (Å²) in [5.41, 5.74) is 4.15. The van der Waals surface area contributed by atoms with E-state index in [4.69, 9.17) is 0 Å². The van der Waals surface area contributed by atoms with E-state index in [1.165, 1.54) is 16.7 Å². The second-order valence-corrected chi connectivity index (χ2v) is 2.85. The maximum Gasteiger partial charge on any atom is 0.0775 e. The summed E-state index contributed by atoms with van der Waals surface area (Å²) in [6.45, 7) is 5.28. The largest absolute Gasteiger partial charge is 0.475 e. The molecule has 0 aromatic heterocycles. The normalized spacial score (nSPS) is 10.1. The van der Waals surface area contributed by atoms with Crippen molar-refractivity contribution in [3.63, 3.8) is 0 Å². The average molecular weight is 149 g/mol. The lowest BCUT2D eigenvalue weighted by molar-refractivity contribution is -0.612. The third kappa shape index (κ3) is 1.81. The Balaban J connectivity index is 2.96. The van der Waals surface area contributed by atoms with Gasteiger partial charge in [-0.2, -0.15) is 7.05 Å². The molecule has 60 valence electrons. The van der Waals surface area contributed by atoms with E-state index in [0.717, 1.165) is 6.54 Å². The Labute approximate surface area is 68.4 Å². The highest BCUT2D eigenvalue weighted by Gasteiger charge is 1.98. The van der Waals surface area contributed by atoms with E-state index in [9.17, 15) is 0 Å². The number of hydrogen-bond acceptors (Lipinski definition) is 0. The fourth-order valence-electron chi connectivity index (χ4n) is 1.19. The van der Waals surface area contributed by atoms with E-state index in [1.54, 1.807) is 0 Å². The second kappa shape index (κ2) is 3.54. The number of quaternary nitrogens is 1. The molecule has 0 fully saturated rings. The van der Waals surface area contributed by atoms with Crippen LogP contribution >= 0.6 is 0 Å². The topological polar surface area (TPSA) is 16.6 Å². The molecule has 0 radical (unpaired) electrons. The van der Waals surface area contributed by atoms with Gasteiger partial charge in [-0.05, 0) is 25.0 Å². The van der Waals surface area contributed by atoms with Crippen molar-refractivity contribution in [2.45, 2.75) is 20.4 Å². The first kappa shape index (κ1) is 8.28. The van der Waals surface area contributed by atoms with Crippen molar-refractivity contribution in [2.75, 3.05) is 0 Å². The molecule has 0 aliphatic rings. The van der Waals surface area contributed by atoms with E-state index in [2.05, 4.69) is 39.1 Å². The van der Waals surface area contributed by atoms with Crippen LogP contribution in [0.15, 0.2) is 18.2 Å². The highest BCUT2D eigenvalue weighted by atomic mass is 14.8. The number of benzene rings is 1. The van der Waals surface area contributed by atoms with Gasteiger partial charge >= 0.3 is 0 Å². The van der Waals surface area contributed by atoms with Gasteiger partial charge in [0.05, 0.1) is 6.54 Å². The highest BCUT2D eigenvalue weighted by Crippen LogP contribution is 2.10. The van der Waals surface area contributed by atoms with E-state index in [-0.39, 0.29) is 0 Å². The zero-order valence-electron chi connectivity index (χ0n) is 7.22. The van der Waals surface area contributed by atoms with Crippen LogP contribution < -0.4 is 5.32 Å². The number of nitrogens with two attached hydrogens (primary N) is 1. The minimum atomic E-state index is 0.980. The van der Waals surface area contributed by atoms with Gasteiger partial charge < -0.3 is 5.32 Å². The van der Waals surface area contributed by atoms with Gasteiger partial charge in [0.15, 0.2) is 0 Å². The summed E-state index contributed by atoms with van der Waals surface area (Å²) in [4.78, 5) is 0. The van der Waals surface area contributed by atoms with Gasteiger partial charge in [0.2, 0.25) is 0 Å². The maximum atomic E-state index is 3.73. The third-order valence-electron chi connectivity index (χ3n) is 2.08. The molecular formula is C10H15N. The predicted octanol–water partition coefficient (Wildman–Crippen LogP) is 1.16. The minimum absolute atomic E-state index is 0.980. The Bertz CT molecular complexity index is 241.